The zero-order chi connectivity index (χ0) is 25.3. The number of nitrogens with one attached hydrogen (secondary N) is 2. The third-order valence-electron chi connectivity index (χ3n) is 5.64. The molecule has 8 heteroatoms. The number of sulfonamides is 1. The minimum Gasteiger partial charge on any atom is -0.494 e. The predicted molar refractivity (Wildman–Crippen MR) is 141 cm³/mol. The molecule has 3 aromatic rings. The normalized spacial score (nSPS) is 11.6. The lowest BCUT2D eigenvalue weighted by Gasteiger charge is -2.08. The zero-order valence-electron chi connectivity index (χ0n) is 20.9. The van der Waals surface area contributed by atoms with Crippen LogP contribution in [-0.4, -0.2) is 40.2 Å². The summed E-state index contributed by atoms with van der Waals surface area (Å²) in [4.78, 5) is 13.6. The Balaban J connectivity index is 1.77. The maximum Gasteiger partial charge on any atom is 0.229 e. The lowest BCUT2D eigenvalue weighted by molar-refractivity contribution is 0.103. The first-order chi connectivity index (χ1) is 16.8. The van der Waals surface area contributed by atoms with E-state index in [1.54, 1.807) is 30.3 Å². The number of ketones is 1. The van der Waals surface area contributed by atoms with E-state index in [2.05, 4.69) is 23.9 Å². The lowest BCUT2D eigenvalue weighted by Crippen LogP contribution is -2.18. The van der Waals surface area contributed by atoms with Crippen LogP contribution >= 0.6 is 0 Å². The third-order valence-corrected chi connectivity index (χ3v) is 6.25. The van der Waals surface area contributed by atoms with Gasteiger partial charge in [0, 0.05) is 23.1 Å². The molecule has 0 aliphatic heterocycles. The first-order valence-electron chi connectivity index (χ1n) is 12.3. The maximum atomic E-state index is 13.6. The van der Waals surface area contributed by atoms with Crippen LogP contribution < -0.4 is 14.8 Å². The Kier molecular flexibility index (Phi) is 9.74. The first kappa shape index (κ1) is 26.8. The van der Waals surface area contributed by atoms with Crippen molar-refractivity contribution in [2.45, 2.75) is 52.4 Å². The van der Waals surface area contributed by atoms with Gasteiger partial charge in [0.05, 0.1) is 18.4 Å². The Hall–Kier alpha value is -2.84. The number of carbonyl (C=O) groups is 1. The molecule has 0 bridgehead atoms. The zero-order valence-corrected chi connectivity index (χ0v) is 21.7. The molecule has 1 aromatic heterocycles. The minimum absolute atomic E-state index is 0.155. The van der Waals surface area contributed by atoms with Gasteiger partial charge in [-0.25, -0.2) is 8.42 Å². The number of fused-ring (bicyclic) bond motifs is 1. The Morgan fingerprint density at radius 3 is 2.37 bits per heavy atom. The van der Waals surface area contributed by atoms with Crippen molar-refractivity contribution in [3.63, 3.8) is 0 Å². The molecular weight excluding hydrogens is 464 g/mol. The SMILES string of the molecule is CCCCNCCCOc1ccc(C(=O)c2c(CCCC)oc3ccc(NS(C)(=O)=O)cc23)cc1. The van der Waals surface area contributed by atoms with E-state index in [1.807, 2.05) is 12.1 Å². The fourth-order valence-electron chi connectivity index (χ4n) is 3.85. The molecule has 0 radical (unpaired) electrons. The van der Waals surface area contributed by atoms with E-state index in [0.717, 1.165) is 44.4 Å². The topological polar surface area (TPSA) is 97.6 Å². The number of aryl methyl sites for hydroxylation is 1. The van der Waals surface area contributed by atoms with Crippen LogP contribution in [0.2, 0.25) is 0 Å². The standard InChI is InChI=1S/C27H36N2O5S/c1-4-6-9-25-26(23-19-21(29-35(3,31)32)12-15-24(23)34-25)27(30)20-10-13-22(14-11-20)33-18-8-17-28-16-7-5-2/h10-15,19,28-29H,4-9,16-18H2,1-3H3. The van der Waals surface area contributed by atoms with Crippen molar-refractivity contribution in [2.24, 2.45) is 0 Å². The molecule has 0 amide bonds. The maximum absolute atomic E-state index is 13.6. The van der Waals surface area contributed by atoms with Crippen LogP contribution in [0.1, 0.15) is 67.6 Å². The highest BCUT2D eigenvalue weighted by molar-refractivity contribution is 7.92. The largest absolute Gasteiger partial charge is 0.494 e. The molecule has 0 atom stereocenters. The molecule has 1 heterocycles. The van der Waals surface area contributed by atoms with Crippen LogP contribution in [0.3, 0.4) is 0 Å². The van der Waals surface area contributed by atoms with Crippen molar-refractivity contribution in [3.05, 3.63) is 59.4 Å². The van der Waals surface area contributed by atoms with Gasteiger partial charge in [-0.15, -0.1) is 0 Å². The van der Waals surface area contributed by atoms with Crippen molar-refractivity contribution >= 4 is 32.5 Å². The molecule has 0 fully saturated rings. The number of hydrogen-bond donors (Lipinski definition) is 2. The summed E-state index contributed by atoms with van der Waals surface area (Å²) < 4.78 is 37.7. The molecule has 2 N–H and O–H groups in total. The number of benzene rings is 2. The summed E-state index contributed by atoms with van der Waals surface area (Å²) in [6, 6.07) is 12.1. The molecule has 0 saturated carbocycles. The quantitative estimate of drug-likeness (QED) is 0.210. The van der Waals surface area contributed by atoms with E-state index >= 15 is 0 Å². The van der Waals surface area contributed by atoms with Gasteiger partial charge in [0.1, 0.15) is 17.1 Å². The molecule has 0 aliphatic carbocycles. The Morgan fingerprint density at radius 2 is 1.69 bits per heavy atom. The van der Waals surface area contributed by atoms with Crippen molar-refractivity contribution in [3.8, 4) is 5.75 Å². The van der Waals surface area contributed by atoms with E-state index in [-0.39, 0.29) is 5.78 Å². The van der Waals surface area contributed by atoms with E-state index in [0.29, 0.717) is 46.6 Å². The highest BCUT2D eigenvalue weighted by atomic mass is 32.2. The molecule has 0 unspecified atom stereocenters. The number of hydrogen-bond acceptors (Lipinski definition) is 6. The van der Waals surface area contributed by atoms with Gasteiger partial charge >= 0.3 is 0 Å². The predicted octanol–water partition coefficient (Wildman–Crippen LogP) is 5.54. The van der Waals surface area contributed by atoms with Gasteiger partial charge in [-0.2, -0.15) is 0 Å². The summed E-state index contributed by atoms with van der Waals surface area (Å²) >= 11 is 0. The number of anilines is 1. The van der Waals surface area contributed by atoms with Crippen LogP contribution in [0.5, 0.6) is 5.75 Å². The van der Waals surface area contributed by atoms with Gasteiger partial charge in [-0.3, -0.25) is 9.52 Å². The van der Waals surface area contributed by atoms with Gasteiger partial charge < -0.3 is 14.5 Å². The van der Waals surface area contributed by atoms with Gasteiger partial charge in [-0.05, 0) is 74.8 Å². The fraction of sp³-hybridized carbons (Fsp3) is 0.444. The van der Waals surface area contributed by atoms with Gasteiger partial charge in [-0.1, -0.05) is 26.7 Å². The van der Waals surface area contributed by atoms with Crippen molar-refractivity contribution in [1.82, 2.24) is 5.32 Å². The molecule has 0 aliphatic rings. The van der Waals surface area contributed by atoms with E-state index in [1.165, 1.54) is 12.8 Å². The van der Waals surface area contributed by atoms with Crippen LogP contribution in [0.4, 0.5) is 5.69 Å². The van der Waals surface area contributed by atoms with Crippen LogP contribution in [0.25, 0.3) is 11.0 Å². The highest BCUT2D eigenvalue weighted by Gasteiger charge is 2.22. The summed E-state index contributed by atoms with van der Waals surface area (Å²) in [6.07, 6.45) is 6.85. The van der Waals surface area contributed by atoms with Crippen molar-refractivity contribution in [2.75, 3.05) is 30.7 Å². The van der Waals surface area contributed by atoms with Crippen molar-refractivity contribution in [1.29, 1.82) is 0 Å². The number of rotatable bonds is 15. The Bertz CT molecular complexity index is 1220. The molecule has 3 rings (SSSR count). The van der Waals surface area contributed by atoms with E-state index in [4.69, 9.17) is 9.15 Å². The molecule has 2 aromatic carbocycles. The van der Waals surface area contributed by atoms with Crippen LogP contribution in [0.15, 0.2) is 46.9 Å². The monoisotopic (exact) mass is 500 g/mol. The highest BCUT2D eigenvalue weighted by Crippen LogP contribution is 2.32. The molecular formula is C27H36N2O5S. The third kappa shape index (κ3) is 7.83. The van der Waals surface area contributed by atoms with Crippen LogP contribution in [-0.2, 0) is 16.4 Å². The van der Waals surface area contributed by atoms with E-state index < -0.39 is 10.0 Å². The Labute approximate surface area is 208 Å². The average Bonchev–Trinajstić information content (AvgIpc) is 3.18. The summed E-state index contributed by atoms with van der Waals surface area (Å²) in [6.45, 7) is 6.81. The van der Waals surface area contributed by atoms with Crippen LogP contribution in [0, 0.1) is 0 Å². The molecule has 35 heavy (non-hydrogen) atoms. The second kappa shape index (κ2) is 12.7. The van der Waals surface area contributed by atoms with Gasteiger partial charge in [0.15, 0.2) is 5.78 Å². The van der Waals surface area contributed by atoms with E-state index in [9.17, 15) is 13.2 Å². The Morgan fingerprint density at radius 1 is 0.971 bits per heavy atom. The number of carbonyl (C=O) groups excluding carboxylic acids is 1. The lowest BCUT2D eigenvalue weighted by atomic mass is 9.98. The minimum atomic E-state index is -3.44. The second-order valence-electron chi connectivity index (χ2n) is 8.75. The average molecular weight is 501 g/mol. The molecule has 7 nitrogen and oxygen atoms in total. The summed E-state index contributed by atoms with van der Waals surface area (Å²) in [5.41, 5.74) is 1.97. The van der Waals surface area contributed by atoms with Crippen molar-refractivity contribution < 1.29 is 22.4 Å². The number of unbranched alkanes of at least 4 members (excludes halogenated alkanes) is 2. The number of furan rings is 1. The van der Waals surface area contributed by atoms with Gasteiger partial charge in [0.25, 0.3) is 0 Å². The molecule has 0 spiro atoms. The summed E-state index contributed by atoms with van der Waals surface area (Å²) in [7, 11) is -3.44. The second-order valence-corrected chi connectivity index (χ2v) is 10.5. The molecule has 0 saturated heterocycles. The first-order valence-corrected chi connectivity index (χ1v) is 14.2. The fourth-order valence-corrected chi connectivity index (χ4v) is 4.40. The summed E-state index contributed by atoms with van der Waals surface area (Å²) in [5, 5.41) is 3.99. The number of ether oxygens (including phenoxy) is 1. The summed E-state index contributed by atoms with van der Waals surface area (Å²) in [5.74, 6) is 1.19. The smallest absolute Gasteiger partial charge is 0.229 e. The molecule has 190 valence electrons. The van der Waals surface area contributed by atoms with Gasteiger partial charge in [0.2, 0.25) is 10.0 Å².